The van der Waals surface area contributed by atoms with Crippen LogP contribution in [0.25, 0.3) is 0 Å². The van der Waals surface area contributed by atoms with E-state index in [1.54, 1.807) is 0 Å². The van der Waals surface area contributed by atoms with E-state index in [0.29, 0.717) is 6.92 Å². The summed E-state index contributed by atoms with van der Waals surface area (Å²) >= 11 is 0. The number of fused-ring (bicyclic) bond motifs is 1. The zero-order valence-electron chi connectivity index (χ0n) is 16.7. The summed E-state index contributed by atoms with van der Waals surface area (Å²) in [5.74, 6) is -4.21. The fraction of sp³-hybridized carbons (Fsp3) is 0.824. The Hall–Kier alpha value is -1.90. The molecule has 3 aliphatic rings. The van der Waals surface area contributed by atoms with E-state index < -0.39 is 94.1 Å². The molecule has 3 rings (SSSR count). The second kappa shape index (κ2) is 7.60. The van der Waals surface area contributed by atoms with E-state index in [1.807, 2.05) is 0 Å². The van der Waals surface area contributed by atoms with Gasteiger partial charge < -0.3 is 24.1 Å². The van der Waals surface area contributed by atoms with Crippen molar-refractivity contribution in [2.24, 2.45) is 11.8 Å². The predicted molar refractivity (Wildman–Crippen MR) is 93.0 cm³/mol. The summed E-state index contributed by atoms with van der Waals surface area (Å²) in [4.78, 5) is 36.0. The minimum absolute atomic E-state index is 0.568. The van der Waals surface area contributed by atoms with Gasteiger partial charge in [-0.1, -0.05) is 0 Å². The van der Waals surface area contributed by atoms with Gasteiger partial charge in [0.2, 0.25) is 0 Å². The summed E-state index contributed by atoms with van der Waals surface area (Å²) in [7, 11) is -5.80. The van der Waals surface area contributed by atoms with Gasteiger partial charge >= 0.3 is 33.3 Å². The molecule has 0 spiro atoms. The van der Waals surface area contributed by atoms with Crippen LogP contribution in [0.3, 0.4) is 0 Å². The molecule has 2 N–H and O–H groups in total. The number of hydrogen-bond donors (Lipinski definition) is 2. The second-order valence-electron chi connectivity index (χ2n) is 8.30. The van der Waals surface area contributed by atoms with Gasteiger partial charge in [-0.05, 0) is 20.8 Å². The lowest BCUT2D eigenvalue weighted by Crippen LogP contribution is -2.52. The maximum atomic E-state index is 13.4. The molecule has 31 heavy (non-hydrogen) atoms. The molecule has 3 saturated heterocycles. The molecule has 3 fully saturated rings. The van der Waals surface area contributed by atoms with E-state index in [2.05, 4.69) is 4.74 Å². The fourth-order valence-electron chi connectivity index (χ4n) is 4.25. The van der Waals surface area contributed by atoms with Gasteiger partial charge in [0.1, 0.15) is 12.2 Å². The lowest BCUT2D eigenvalue weighted by Gasteiger charge is -2.35. The van der Waals surface area contributed by atoms with Crippen LogP contribution in [-0.2, 0) is 43.4 Å². The zero-order chi connectivity index (χ0) is 23.5. The number of rotatable bonds is 8. The first-order valence-electron chi connectivity index (χ1n) is 9.38. The smallest absolute Gasteiger partial charge is 0.405 e. The Balaban J connectivity index is 1.56. The van der Waals surface area contributed by atoms with Crippen molar-refractivity contribution in [3.63, 3.8) is 0 Å². The normalized spacial score (nSPS) is 33.2. The Morgan fingerprint density at radius 3 is 2.29 bits per heavy atom. The highest BCUT2D eigenvalue weighted by Crippen LogP contribution is 2.54. The van der Waals surface area contributed by atoms with E-state index in [1.165, 1.54) is 13.8 Å². The van der Waals surface area contributed by atoms with Crippen molar-refractivity contribution >= 4 is 28.0 Å². The van der Waals surface area contributed by atoms with Crippen LogP contribution in [0.5, 0.6) is 0 Å². The van der Waals surface area contributed by atoms with Crippen molar-refractivity contribution in [3.05, 3.63) is 0 Å². The molecule has 0 amide bonds. The van der Waals surface area contributed by atoms with E-state index in [-0.39, 0.29) is 0 Å². The van der Waals surface area contributed by atoms with Gasteiger partial charge in [0.25, 0.3) is 0 Å². The highest BCUT2D eigenvalue weighted by molar-refractivity contribution is 7.86. The first kappa shape index (κ1) is 23.8. The average molecular weight is 472 g/mol. The van der Waals surface area contributed by atoms with Crippen LogP contribution in [0.1, 0.15) is 33.6 Å². The highest BCUT2D eigenvalue weighted by atomic mass is 32.2. The molecule has 2 bridgehead atoms. The van der Waals surface area contributed by atoms with E-state index in [4.69, 9.17) is 18.8 Å². The number of hydrogen-bond acceptors (Lipinski definition) is 10. The van der Waals surface area contributed by atoms with Gasteiger partial charge in [-0.15, -0.1) is 0 Å². The van der Waals surface area contributed by atoms with Crippen LogP contribution >= 0.6 is 0 Å². The third-order valence-electron chi connectivity index (χ3n) is 5.65. The molecule has 0 aromatic rings. The highest BCUT2D eigenvalue weighted by Gasteiger charge is 2.72. The zero-order valence-corrected chi connectivity index (χ0v) is 17.5. The van der Waals surface area contributed by atoms with Gasteiger partial charge in [-0.25, -0.2) is 0 Å². The minimum atomic E-state index is -5.80. The molecule has 176 valence electrons. The Bertz CT molecular complexity index is 881. The SMILES string of the molecule is CC(OC(=O)CCC(=O)OC1C2OC(=O)C3C2OC1C3C(C)(C)O)C(F)(F)S(=O)(=O)O. The van der Waals surface area contributed by atoms with Crippen LogP contribution in [0.2, 0.25) is 0 Å². The molecular weight excluding hydrogens is 450 g/mol. The van der Waals surface area contributed by atoms with Crippen LogP contribution in [0.4, 0.5) is 8.78 Å². The Labute approximate surface area is 175 Å². The monoisotopic (exact) mass is 472 g/mol. The van der Waals surface area contributed by atoms with Crippen molar-refractivity contribution in [2.45, 2.75) is 75.0 Å². The van der Waals surface area contributed by atoms with Gasteiger partial charge in [0.05, 0.1) is 24.4 Å². The lowest BCUT2D eigenvalue weighted by atomic mass is 9.71. The Morgan fingerprint density at radius 2 is 1.74 bits per heavy atom. The Kier molecular flexibility index (Phi) is 5.83. The lowest BCUT2D eigenvalue weighted by molar-refractivity contribution is -0.166. The minimum Gasteiger partial charge on any atom is -0.455 e. The average Bonchev–Trinajstić information content (AvgIpc) is 3.21. The number of carbonyl (C=O) groups excluding carboxylic acids is 3. The predicted octanol–water partition coefficient (Wildman–Crippen LogP) is -0.200. The number of halogens is 2. The van der Waals surface area contributed by atoms with Crippen molar-refractivity contribution in [2.75, 3.05) is 0 Å². The van der Waals surface area contributed by atoms with Crippen LogP contribution in [0, 0.1) is 11.8 Å². The summed E-state index contributed by atoms with van der Waals surface area (Å²) in [6.45, 7) is 3.54. The molecular formula is C17H22F2O11S. The van der Waals surface area contributed by atoms with E-state index in [0.717, 1.165) is 0 Å². The molecule has 3 aliphatic heterocycles. The van der Waals surface area contributed by atoms with Crippen molar-refractivity contribution < 1.29 is 60.2 Å². The van der Waals surface area contributed by atoms with Gasteiger partial charge in [-0.3, -0.25) is 18.9 Å². The third-order valence-corrected chi connectivity index (χ3v) is 6.67. The number of alkyl halides is 2. The van der Waals surface area contributed by atoms with Crippen LogP contribution in [-0.4, -0.2) is 77.4 Å². The van der Waals surface area contributed by atoms with E-state index in [9.17, 15) is 36.7 Å². The largest absolute Gasteiger partial charge is 0.455 e. The summed E-state index contributed by atoms with van der Waals surface area (Å²) in [5, 5.41) is 5.68. The third kappa shape index (κ3) is 4.13. The molecule has 11 nitrogen and oxygen atoms in total. The quantitative estimate of drug-likeness (QED) is 0.273. The Morgan fingerprint density at radius 1 is 1.16 bits per heavy atom. The fourth-order valence-corrected chi connectivity index (χ4v) is 4.72. The van der Waals surface area contributed by atoms with Crippen molar-refractivity contribution in [3.8, 4) is 0 Å². The number of aliphatic hydroxyl groups is 1. The first-order valence-corrected chi connectivity index (χ1v) is 10.8. The molecule has 0 aliphatic carbocycles. The van der Waals surface area contributed by atoms with Crippen LogP contribution in [0.15, 0.2) is 0 Å². The van der Waals surface area contributed by atoms with Crippen LogP contribution < -0.4 is 0 Å². The molecule has 7 atom stereocenters. The summed E-state index contributed by atoms with van der Waals surface area (Å²) in [6, 6.07) is 0. The van der Waals surface area contributed by atoms with E-state index >= 15 is 0 Å². The number of esters is 3. The maximum absolute atomic E-state index is 13.4. The summed E-state index contributed by atoms with van der Waals surface area (Å²) < 4.78 is 77.1. The number of carbonyl (C=O) groups is 3. The number of ether oxygens (including phenoxy) is 4. The van der Waals surface area contributed by atoms with Crippen molar-refractivity contribution in [1.29, 1.82) is 0 Å². The van der Waals surface area contributed by atoms with Crippen molar-refractivity contribution in [1.82, 2.24) is 0 Å². The molecule has 0 radical (unpaired) electrons. The maximum Gasteiger partial charge on any atom is 0.405 e. The van der Waals surface area contributed by atoms with Gasteiger partial charge in [0, 0.05) is 5.92 Å². The standard InChI is InChI=1S/C17H22F2O11S/c1-6(17(18,19)31(24,25)26)27-7(20)4-5-8(21)28-14-12-10(16(2,3)23)9-11(29-12)13(14)30-15(9)22/h6,9-14,23H,4-5H2,1-3H3,(H,24,25,26). The molecule has 0 saturated carbocycles. The molecule has 14 heteroatoms. The summed E-state index contributed by atoms with van der Waals surface area (Å²) in [6.07, 6.45) is -7.17. The summed E-state index contributed by atoms with van der Waals surface area (Å²) in [5.41, 5.74) is -1.33. The topological polar surface area (TPSA) is 163 Å². The van der Waals surface area contributed by atoms with Gasteiger partial charge in [0.15, 0.2) is 18.3 Å². The first-order chi connectivity index (χ1) is 14.1. The second-order valence-corrected chi connectivity index (χ2v) is 9.79. The van der Waals surface area contributed by atoms with Gasteiger partial charge in [-0.2, -0.15) is 17.2 Å². The molecule has 3 heterocycles. The molecule has 0 aromatic carbocycles. The molecule has 0 aromatic heterocycles. The molecule has 7 unspecified atom stereocenters.